The van der Waals surface area contributed by atoms with Crippen molar-refractivity contribution in [3.63, 3.8) is 0 Å². The van der Waals surface area contributed by atoms with Gasteiger partial charge >= 0.3 is 5.97 Å². The lowest BCUT2D eigenvalue weighted by Crippen LogP contribution is -2.27. The fraction of sp³-hybridized carbons (Fsp3) is 0.333. The average Bonchev–Trinajstić information content (AvgIpc) is 2.87. The third-order valence-corrected chi connectivity index (χ3v) is 3.92. The lowest BCUT2D eigenvalue weighted by Gasteiger charge is -2.13. The highest BCUT2D eigenvalue weighted by Crippen LogP contribution is 2.21. The molecule has 1 N–H and O–H groups in total. The molecule has 1 aromatic rings. The van der Waals surface area contributed by atoms with Gasteiger partial charge in [0.2, 0.25) is 5.91 Å². The van der Waals surface area contributed by atoms with Crippen LogP contribution in [0.3, 0.4) is 0 Å². The fourth-order valence-electron chi connectivity index (χ4n) is 2.36. The van der Waals surface area contributed by atoms with Crippen molar-refractivity contribution < 1.29 is 19.1 Å². The van der Waals surface area contributed by atoms with Crippen LogP contribution < -0.4 is 0 Å². The quantitative estimate of drug-likeness (QED) is 0.844. The number of likely N-dealkylation sites (tertiary alicyclic amines) is 1. The molecule has 1 amide bonds. The van der Waals surface area contributed by atoms with E-state index in [1.807, 2.05) is 0 Å². The zero-order chi connectivity index (χ0) is 15.4. The second-order valence-electron chi connectivity index (χ2n) is 5.04. The predicted molar refractivity (Wildman–Crippen MR) is 80.1 cm³/mol. The molecule has 6 heteroatoms. The Labute approximate surface area is 130 Å². The van der Waals surface area contributed by atoms with Gasteiger partial charge in [-0.3, -0.25) is 9.59 Å². The summed E-state index contributed by atoms with van der Waals surface area (Å²) in [6.45, 7) is 0.985. The molecule has 0 bridgehead atoms. The third kappa shape index (κ3) is 4.39. The first-order valence-corrected chi connectivity index (χ1v) is 7.39. The fourth-order valence-corrected chi connectivity index (χ4v) is 2.73. The number of benzene rings is 1. The van der Waals surface area contributed by atoms with Gasteiger partial charge in [-0.2, -0.15) is 0 Å². The molecule has 0 aliphatic carbocycles. The molecule has 1 atom stereocenters. The highest BCUT2D eigenvalue weighted by molar-refractivity contribution is 9.10. The van der Waals surface area contributed by atoms with Crippen molar-refractivity contribution >= 4 is 33.9 Å². The first kappa shape index (κ1) is 15.7. The molecule has 112 valence electrons. The normalized spacial score (nSPS) is 18.4. The van der Waals surface area contributed by atoms with Crippen LogP contribution in [0.1, 0.15) is 18.4 Å². The van der Waals surface area contributed by atoms with Crippen LogP contribution >= 0.6 is 15.9 Å². The minimum Gasteiger partial charge on any atom is -0.481 e. The van der Waals surface area contributed by atoms with Crippen LogP contribution in [0.25, 0.3) is 6.08 Å². The molecule has 1 aliphatic rings. The minimum absolute atomic E-state index is 0.00227. The van der Waals surface area contributed by atoms with Crippen LogP contribution in [-0.2, 0) is 9.59 Å². The molecule has 4 nitrogen and oxygen atoms in total. The van der Waals surface area contributed by atoms with Gasteiger partial charge in [0.15, 0.2) is 0 Å². The topological polar surface area (TPSA) is 57.6 Å². The van der Waals surface area contributed by atoms with Crippen molar-refractivity contribution in [1.29, 1.82) is 0 Å². The van der Waals surface area contributed by atoms with Crippen LogP contribution in [0.15, 0.2) is 28.7 Å². The van der Waals surface area contributed by atoms with E-state index in [1.54, 1.807) is 17.0 Å². The van der Waals surface area contributed by atoms with Crippen LogP contribution in [0.4, 0.5) is 4.39 Å². The average molecular weight is 356 g/mol. The van der Waals surface area contributed by atoms with Gasteiger partial charge in [0.05, 0.1) is 0 Å². The molecule has 1 saturated heterocycles. The van der Waals surface area contributed by atoms with Crippen LogP contribution in [0.2, 0.25) is 0 Å². The number of amides is 1. The van der Waals surface area contributed by atoms with E-state index in [2.05, 4.69) is 15.9 Å². The Kier molecular flexibility index (Phi) is 5.12. The Hall–Kier alpha value is -1.69. The molecule has 0 radical (unpaired) electrons. The van der Waals surface area contributed by atoms with Gasteiger partial charge in [0, 0.05) is 35.6 Å². The van der Waals surface area contributed by atoms with E-state index in [9.17, 15) is 14.0 Å². The number of carbonyl (C=O) groups is 2. The standard InChI is InChI=1S/C15H15BrFNO3/c16-12-2-3-13(17)11(8-12)1-4-14(19)18-6-5-10(9-18)7-15(20)21/h1-4,8,10H,5-7,9H2,(H,20,21). The monoisotopic (exact) mass is 355 g/mol. The zero-order valence-corrected chi connectivity index (χ0v) is 12.8. The highest BCUT2D eigenvalue weighted by Gasteiger charge is 2.26. The number of halogens is 2. The van der Waals surface area contributed by atoms with Crippen molar-refractivity contribution in [2.45, 2.75) is 12.8 Å². The number of carbonyl (C=O) groups excluding carboxylic acids is 1. The number of carboxylic acid groups (broad SMARTS) is 1. The van der Waals surface area contributed by atoms with E-state index < -0.39 is 11.8 Å². The van der Waals surface area contributed by atoms with Gasteiger partial charge in [-0.05, 0) is 36.6 Å². The van der Waals surface area contributed by atoms with Crippen molar-refractivity contribution in [2.24, 2.45) is 5.92 Å². The lowest BCUT2D eigenvalue weighted by molar-refractivity contribution is -0.138. The third-order valence-electron chi connectivity index (χ3n) is 3.42. The Morgan fingerprint density at radius 1 is 1.48 bits per heavy atom. The Bertz CT molecular complexity index is 588. The summed E-state index contributed by atoms with van der Waals surface area (Å²) in [6.07, 6.45) is 3.53. The number of aliphatic carboxylic acids is 1. The van der Waals surface area contributed by atoms with Crippen LogP contribution in [0.5, 0.6) is 0 Å². The second-order valence-corrected chi connectivity index (χ2v) is 5.95. The molecular weight excluding hydrogens is 341 g/mol. The summed E-state index contributed by atoms with van der Waals surface area (Å²) in [6, 6.07) is 4.51. The number of hydrogen-bond donors (Lipinski definition) is 1. The predicted octanol–water partition coefficient (Wildman–Crippen LogP) is 2.92. The molecule has 1 heterocycles. The number of carboxylic acids is 1. The van der Waals surface area contributed by atoms with E-state index >= 15 is 0 Å². The summed E-state index contributed by atoms with van der Waals surface area (Å²) in [4.78, 5) is 24.2. The second kappa shape index (κ2) is 6.85. The molecule has 0 spiro atoms. The zero-order valence-electron chi connectivity index (χ0n) is 11.3. The summed E-state index contributed by atoms with van der Waals surface area (Å²) in [5.74, 6) is -1.46. The summed E-state index contributed by atoms with van der Waals surface area (Å²) < 4.78 is 14.3. The maximum Gasteiger partial charge on any atom is 0.303 e. The molecule has 0 saturated carbocycles. The van der Waals surface area contributed by atoms with E-state index in [0.717, 1.165) is 4.47 Å². The molecule has 1 fully saturated rings. The van der Waals surface area contributed by atoms with Crippen molar-refractivity contribution in [3.8, 4) is 0 Å². The van der Waals surface area contributed by atoms with E-state index in [-0.39, 0.29) is 18.2 Å². The first-order valence-electron chi connectivity index (χ1n) is 6.59. The summed E-state index contributed by atoms with van der Waals surface area (Å²) in [7, 11) is 0. The maximum atomic E-state index is 13.5. The molecular formula is C15H15BrFNO3. The summed E-state index contributed by atoms with van der Waals surface area (Å²) in [5.41, 5.74) is 0.332. The Balaban J connectivity index is 1.97. The van der Waals surface area contributed by atoms with Crippen molar-refractivity contribution in [1.82, 2.24) is 4.90 Å². The van der Waals surface area contributed by atoms with E-state index in [0.29, 0.717) is 25.1 Å². The van der Waals surface area contributed by atoms with Crippen molar-refractivity contribution in [3.05, 3.63) is 40.1 Å². The molecule has 1 unspecified atom stereocenters. The molecule has 2 rings (SSSR count). The lowest BCUT2D eigenvalue weighted by atomic mass is 10.1. The van der Waals surface area contributed by atoms with Crippen LogP contribution in [0, 0.1) is 11.7 Å². The smallest absolute Gasteiger partial charge is 0.303 e. The maximum absolute atomic E-state index is 13.5. The molecule has 21 heavy (non-hydrogen) atoms. The highest BCUT2D eigenvalue weighted by atomic mass is 79.9. The van der Waals surface area contributed by atoms with Gasteiger partial charge in [-0.25, -0.2) is 4.39 Å². The summed E-state index contributed by atoms with van der Waals surface area (Å²) >= 11 is 3.25. The SMILES string of the molecule is O=C(O)CC1CCN(C(=O)C=Cc2cc(Br)ccc2F)C1. The van der Waals surface area contributed by atoms with Gasteiger partial charge in [0.25, 0.3) is 0 Å². The van der Waals surface area contributed by atoms with Gasteiger partial charge < -0.3 is 10.0 Å². The number of hydrogen-bond acceptors (Lipinski definition) is 2. The molecule has 1 aliphatic heterocycles. The Morgan fingerprint density at radius 2 is 2.24 bits per heavy atom. The number of nitrogens with zero attached hydrogens (tertiary/aromatic N) is 1. The largest absolute Gasteiger partial charge is 0.481 e. The van der Waals surface area contributed by atoms with Crippen LogP contribution in [-0.4, -0.2) is 35.0 Å². The molecule has 1 aromatic carbocycles. The van der Waals surface area contributed by atoms with E-state index in [1.165, 1.54) is 18.2 Å². The van der Waals surface area contributed by atoms with Crippen molar-refractivity contribution in [2.75, 3.05) is 13.1 Å². The molecule has 0 aromatic heterocycles. The first-order chi connectivity index (χ1) is 9.95. The van der Waals surface area contributed by atoms with Gasteiger partial charge in [0.1, 0.15) is 5.82 Å². The van der Waals surface area contributed by atoms with Gasteiger partial charge in [-0.1, -0.05) is 15.9 Å². The number of rotatable bonds is 4. The minimum atomic E-state index is -0.846. The Morgan fingerprint density at radius 3 is 2.95 bits per heavy atom. The van der Waals surface area contributed by atoms with E-state index in [4.69, 9.17) is 5.11 Å². The van der Waals surface area contributed by atoms with Gasteiger partial charge in [-0.15, -0.1) is 0 Å². The summed E-state index contributed by atoms with van der Waals surface area (Å²) in [5, 5.41) is 8.74.